The summed E-state index contributed by atoms with van der Waals surface area (Å²) in [5, 5.41) is 9.47. The van der Waals surface area contributed by atoms with E-state index >= 15 is 0 Å². The van der Waals surface area contributed by atoms with Crippen molar-refractivity contribution in [2.45, 2.75) is 26.4 Å². The van der Waals surface area contributed by atoms with Gasteiger partial charge in [-0.15, -0.1) is 0 Å². The fraction of sp³-hybridized carbons (Fsp3) is 1.00. The summed E-state index contributed by atoms with van der Waals surface area (Å²) in [6.07, 6.45) is 0.585. The number of aliphatic hydroxyl groups excluding tert-OH is 1. The Bertz CT molecular complexity index is 95.8. The van der Waals surface area contributed by atoms with Crippen LogP contribution in [0.25, 0.3) is 0 Å². The molecule has 0 aromatic carbocycles. The molecule has 0 saturated heterocycles. The molecule has 0 aliphatic heterocycles. The Labute approximate surface area is 74.7 Å². The SMILES string of the molecule is CCCOCC(O)C(C)COC. The summed E-state index contributed by atoms with van der Waals surface area (Å²) in [5.74, 6) is 0.145. The van der Waals surface area contributed by atoms with Crippen molar-refractivity contribution in [2.75, 3.05) is 26.9 Å². The van der Waals surface area contributed by atoms with E-state index in [9.17, 15) is 5.11 Å². The Morgan fingerprint density at radius 1 is 1.33 bits per heavy atom. The average molecular weight is 176 g/mol. The first-order chi connectivity index (χ1) is 5.72. The molecule has 1 N–H and O–H groups in total. The molecule has 3 heteroatoms. The predicted octanol–water partition coefficient (Wildman–Crippen LogP) is 1.06. The zero-order valence-electron chi connectivity index (χ0n) is 8.25. The molecule has 0 bridgehead atoms. The minimum absolute atomic E-state index is 0.145. The Balaban J connectivity index is 3.35. The van der Waals surface area contributed by atoms with Gasteiger partial charge in [-0.25, -0.2) is 0 Å². The van der Waals surface area contributed by atoms with E-state index in [0.29, 0.717) is 13.2 Å². The number of methoxy groups -OCH3 is 1. The summed E-state index contributed by atoms with van der Waals surface area (Å²) < 4.78 is 10.1. The third kappa shape index (κ3) is 5.52. The molecule has 2 unspecified atom stereocenters. The van der Waals surface area contributed by atoms with E-state index in [-0.39, 0.29) is 5.92 Å². The maximum absolute atomic E-state index is 9.47. The van der Waals surface area contributed by atoms with Crippen LogP contribution in [0.4, 0.5) is 0 Å². The number of rotatable bonds is 7. The van der Waals surface area contributed by atoms with Crippen LogP contribution >= 0.6 is 0 Å². The lowest BCUT2D eigenvalue weighted by Crippen LogP contribution is -2.26. The summed E-state index contributed by atoms with van der Waals surface area (Å²) in [4.78, 5) is 0. The second-order valence-electron chi connectivity index (χ2n) is 3.07. The molecule has 2 atom stereocenters. The number of ether oxygens (including phenoxy) is 2. The van der Waals surface area contributed by atoms with E-state index in [0.717, 1.165) is 13.0 Å². The van der Waals surface area contributed by atoms with Crippen LogP contribution in [0.3, 0.4) is 0 Å². The van der Waals surface area contributed by atoms with Crippen molar-refractivity contribution in [3.8, 4) is 0 Å². The normalized spacial score (nSPS) is 16.0. The van der Waals surface area contributed by atoms with Gasteiger partial charge in [0.2, 0.25) is 0 Å². The lowest BCUT2D eigenvalue weighted by molar-refractivity contribution is -0.0113. The molecule has 0 spiro atoms. The van der Waals surface area contributed by atoms with Gasteiger partial charge in [0.15, 0.2) is 0 Å². The van der Waals surface area contributed by atoms with Crippen LogP contribution in [0, 0.1) is 5.92 Å². The van der Waals surface area contributed by atoms with Gasteiger partial charge in [0.05, 0.1) is 19.3 Å². The van der Waals surface area contributed by atoms with E-state index in [1.54, 1.807) is 7.11 Å². The quantitative estimate of drug-likeness (QED) is 0.589. The minimum atomic E-state index is -0.406. The van der Waals surface area contributed by atoms with Crippen LogP contribution in [0.1, 0.15) is 20.3 Å². The molecule has 0 aliphatic carbocycles. The van der Waals surface area contributed by atoms with E-state index in [1.165, 1.54) is 0 Å². The van der Waals surface area contributed by atoms with Crippen molar-refractivity contribution >= 4 is 0 Å². The maximum atomic E-state index is 9.47. The summed E-state index contributed by atoms with van der Waals surface area (Å²) in [6.45, 7) is 5.71. The van der Waals surface area contributed by atoms with Crippen LogP contribution in [-0.2, 0) is 9.47 Å². The minimum Gasteiger partial charge on any atom is -0.390 e. The number of hydrogen-bond acceptors (Lipinski definition) is 3. The fourth-order valence-corrected chi connectivity index (χ4v) is 0.887. The van der Waals surface area contributed by atoms with Crippen molar-refractivity contribution < 1.29 is 14.6 Å². The summed E-state index contributed by atoms with van der Waals surface area (Å²) in [7, 11) is 1.64. The smallest absolute Gasteiger partial charge is 0.0821 e. The molecule has 3 nitrogen and oxygen atoms in total. The highest BCUT2D eigenvalue weighted by molar-refractivity contribution is 4.62. The second kappa shape index (κ2) is 7.53. The van der Waals surface area contributed by atoms with Gasteiger partial charge < -0.3 is 14.6 Å². The molecule has 0 rings (SSSR count). The van der Waals surface area contributed by atoms with Crippen LogP contribution in [-0.4, -0.2) is 38.1 Å². The number of hydrogen-bond donors (Lipinski definition) is 1. The lowest BCUT2D eigenvalue weighted by atomic mass is 10.1. The summed E-state index contributed by atoms with van der Waals surface area (Å²) in [6, 6.07) is 0. The van der Waals surface area contributed by atoms with E-state index in [1.807, 2.05) is 13.8 Å². The molecule has 0 saturated carbocycles. The first-order valence-electron chi connectivity index (χ1n) is 4.47. The van der Waals surface area contributed by atoms with Crippen LogP contribution < -0.4 is 0 Å². The van der Waals surface area contributed by atoms with Gasteiger partial charge >= 0.3 is 0 Å². The highest BCUT2D eigenvalue weighted by Crippen LogP contribution is 2.03. The first kappa shape index (κ1) is 11.9. The Morgan fingerprint density at radius 3 is 2.50 bits per heavy atom. The summed E-state index contributed by atoms with van der Waals surface area (Å²) in [5.41, 5.74) is 0. The predicted molar refractivity (Wildman–Crippen MR) is 48.2 cm³/mol. The molecule has 0 fully saturated rings. The second-order valence-corrected chi connectivity index (χ2v) is 3.07. The standard InChI is InChI=1S/C9H20O3/c1-4-5-12-7-9(10)8(2)6-11-3/h8-10H,4-7H2,1-3H3. The first-order valence-corrected chi connectivity index (χ1v) is 4.47. The molecular formula is C9H20O3. The van der Waals surface area contributed by atoms with Gasteiger partial charge in [0, 0.05) is 19.6 Å². The molecule has 12 heavy (non-hydrogen) atoms. The average Bonchev–Trinajstić information content (AvgIpc) is 2.05. The fourth-order valence-electron chi connectivity index (χ4n) is 0.887. The van der Waals surface area contributed by atoms with Gasteiger partial charge in [-0.1, -0.05) is 13.8 Å². The molecule has 0 radical (unpaired) electrons. The molecular weight excluding hydrogens is 156 g/mol. The van der Waals surface area contributed by atoms with Crippen molar-refractivity contribution in [3.63, 3.8) is 0 Å². The van der Waals surface area contributed by atoms with Gasteiger partial charge in [-0.2, -0.15) is 0 Å². The summed E-state index contributed by atoms with van der Waals surface area (Å²) >= 11 is 0. The molecule has 74 valence electrons. The van der Waals surface area contributed by atoms with Gasteiger partial charge in [0.1, 0.15) is 0 Å². The highest BCUT2D eigenvalue weighted by atomic mass is 16.5. The molecule has 0 aromatic rings. The van der Waals surface area contributed by atoms with E-state index in [2.05, 4.69) is 0 Å². The van der Waals surface area contributed by atoms with Crippen molar-refractivity contribution in [1.29, 1.82) is 0 Å². The van der Waals surface area contributed by atoms with E-state index in [4.69, 9.17) is 9.47 Å². The molecule has 0 aromatic heterocycles. The third-order valence-electron chi connectivity index (χ3n) is 1.72. The Morgan fingerprint density at radius 2 is 2.00 bits per heavy atom. The Kier molecular flexibility index (Phi) is 7.45. The lowest BCUT2D eigenvalue weighted by Gasteiger charge is -2.17. The monoisotopic (exact) mass is 176 g/mol. The number of aliphatic hydroxyl groups is 1. The van der Waals surface area contributed by atoms with Crippen molar-refractivity contribution in [3.05, 3.63) is 0 Å². The van der Waals surface area contributed by atoms with Crippen molar-refractivity contribution in [2.24, 2.45) is 5.92 Å². The maximum Gasteiger partial charge on any atom is 0.0821 e. The van der Waals surface area contributed by atoms with E-state index < -0.39 is 6.10 Å². The van der Waals surface area contributed by atoms with Crippen molar-refractivity contribution in [1.82, 2.24) is 0 Å². The molecule has 0 aliphatic rings. The topological polar surface area (TPSA) is 38.7 Å². The zero-order valence-corrected chi connectivity index (χ0v) is 8.25. The van der Waals surface area contributed by atoms with Gasteiger partial charge in [-0.05, 0) is 6.42 Å². The highest BCUT2D eigenvalue weighted by Gasteiger charge is 2.13. The van der Waals surface area contributed by atoms with Crippen LogP contribution in [0.5, 0.6) is 0 Å². The van der Waals surface area contributed by atoms with Gasteiger partial charge in [-0.3, -0.25) is 0 Å². The third-order valence-corrected chi connectivity index (χ3v) is 1.72. The zero-order chi connectivity index (χ0) is 9.40. The largest absolute Gasteiger partial charge is 0.390 e. The Hall–Kier alpha value is -0.120. The molecule has 0 heterocycles. The van der Waals surface area contributed by atoms with Gasteiger partial charge in [0.25, 0.3) is 0 Å². The van der Waals surface area contributed by atoms with Crippen LogP contribution in [0.15, 0.2) is 0 Å². The van der Waals surface area contributed by atoms with Crippen LogP contribution in [0.2, 0.25) is 0 Å². The molecule has 0 amide bonds.